The average Bonchev–Trinajstić information content (AvgIpc) is 2.89. The van der Waals surface area contributed by atoms with Crippen molar-refractivity contribution < 1.29 is 14.0 Å². The molecule has 0 amide bonds. The quantitative estimate of drug-likeness (QED) is 0.334. The third kappa shape index (κ3) is 2.34. The summed E-state index contributed by atoms with van der Waals surface area (Å²) in [4.78, 5) is 4.16. The third-order valence-corrected chi connectivity index (χ3v) is 3.19. The summed E-state index contributed by atoms with van der Waals surface area (Å²) >= 11 is 0. The highest BCUT2D eigenvalue weighted by Crippen LogP contribution is 2.19. The van der Waals surface area contributed by atoms with Gasteiger partial charge in [0.2, 0.25) is 0 Å². The molecule has 3 N–H and O–H groups in total. The molecule has 22 heavy (non-hydrogen) atoms. The Hall–Kier alpha value is -3.03. The molecule has 0 saturated carbocycles. The van der Waals surface area contributed by atoms with Gasteiger partial charge in [-0.25, -0.2) is 18.4 Å². The van der Waals surface area contributed by atoms with Crippen LogP contribution in [-0.4, -0.2) is 25.8 Å². The molecule has 0 fully saturated rings. The predicted octanol–water partition coefficient (Wildman–Crippen LogP) is 1.85. The summed E-state index contributed by atoms with van der Waals surface area (Å²) in [7, 11) is 0. The summed E-state index contributed by atoms with van der Waals surface area (Å²) in [5.74, 6) is -1.28. The molecule has 0 saturated heterocycles. The summed E-state index contributed by atoms with van der Waals surface area (Å²) in [5.41, 5.74) is 6.36. The Balaban J connectivity index is 2.13. The van der Waals surface area contributed by atoms with Crippen molar-refractivity contribution in [1.82, 2.24) is 14.8 Å². The van der Waals surface area contributed by atoms with Crippen LogP contribution in [0.5, 0.6) is 0 Å². The second-order valence-corrected chi connectivity index (χ2v) is 4.60. The first kappa shape index (κ1) is 13.9. The lowest BCUT2D eigenvalue weighted by molar-refractivity contribution is 0.318. The number of nitrogens with two attached hydrogens (primary N) is 1. The van der Waals surface area contributed by atoms with Crippen LogP contribution in [0.25, 0.3) is 11.0 Å². The Morgan fingerprint density at radius 1 is 1.32 bits per heavy atom. The van der Waals surface area contributed by atoms with Crippen LogP contribution < -0.4 is 5.73 Å². The van der Waals surface area contributed by atoms with E-state index in [1.54, 1.807) is 18.3 Å². The van der Waals surface area contributed by atoms with Gasteiger partial charge in [0.05, 0.1) is 11.9 Å². The van der Waals surface area contributed by atoms with E-state index in [4.69, 9.17) is 10.9 Å². The van der Waals surface area contributed by atoms with Crippen LogP contribution >= 0.6 is 0 Å². The van der Waals surface area contributed by atoms with Gasteiger partial charge in [0.25, 0.3) is 0 Å². The Kier molecular flexibility index (Phi) is 3.42. The molecule has 2 aromatic heterocycles. The van der Waals surface area contributed by atoms with Crippen molar-refractivity contribution in [3.05, 3.63) is 59.4 Å². The maximum atomic E-state index is 13.8. The lowest BCUT2D eigenvalue weighted by atomic mass is 10.2. The average molecular weight is 303 g/mol. The van der Waals surface area contributed by atoms with Crippen molar-refractivity contribution in [3.63, 3.8) is 0 Å². The first-order valence-electron chi connectivity index (χ1n) is 6.33. The second-order valence-electron chi connectivity index (χ2n) is 4.60. The van der Waals surface area contributed by atoms with Crippen molar-refractivity contribution in [2.75, 3.05) is 0 Å². The molecule has 0 radical (unpaired) electrons. The molecule has 0 unspecified atom stereocenters. The SMILES string of the molecule is NC(=NO)c1nn(Cc2cc(F)ccc2F)c2ncccc12. The summed E-state index contributed by atoms with van der Waals surface area (Å²) in [6, 6.07) is 6.55. The summed E-state index contributed by atoms with van der Waals surface area (Å²) in [5, 5.41) is 16.5. The van der Waals surface area contributed by atoms with Gasteiger partial charge in [-0.2, -0.15) is 5.10 Å². The lowest BCUT2D eigenvalue weighted by Crippen LogP contribution is -2.15. The number of halogens is 2. The fourth-order valence-electron chi connectivity index (χ4n) is 2.18. The molecule has 8 heteroatoms. The van der Waals surface area contributed by atoms with Crippen LogP contribution in [0.3, 0.4) is 0 Å². The Labute approximate surface area is 123 Å². The molecule has 3 rings (SSSR count). The van der Waals surface area contributed by atoms with Crippen molar-refractivity contribution in [1.29, 1.82) is 0 Å². The van der Waals surface area contributed by atoms with E-state index >= 15 is 0 Å². The first-order valence-corrected chi connectivity index (χ1v) is 6.33. The van der Waals surface area contributed by atoms with Crippen LogP contribution in [0.4, 0.5) is 8.78 Å². The second kappa shape index (κ2) is 5.40. The fourth-order valence-corrected chi connectivity index (χ4v) is 2.18. The van der Waals surface area contributed by atoms with E-state index in [0.29, 0.717) is 11.0 Å². The van der Waals surface area contributed by atoms with E-state index in [-0.39, 0.29) is 23.6 Å². The lowest BCUT2D eigenvalue weighted by Gasteiger charge is -2.04. The molecule has 2 heterocycles. The van der Waals surface area contributed by atoms with Crippen LogP contribution in [-0.2, 0) is 6.54 Å². The molecule has 0 aliphatic rings. The van der Waals surface area contributed by atoms with E-state index in [1.165, 1.54) is 4.68 Å². The summed E-state index contributed by atoms with van der Waals surface area (Å²) < 4.78 is 28.4. The Morgan fingerprint density at radius 3 is 2.91 bits per heavy atom. The molecule has 1 aromatic carbocycles. The van der Waals surface area contributed by atoms with E-state index in [0.717, 1.165) is 18.2 Å². The highest BCUT2D eigenvalue weighted by Gasteiger charge is 2.16. The first-order chi connectivity index (χ1) is 10.6. The van der Waals surface area contributed by atoms with Gasteiger partial charge in [0.1, 0.15) is 17.3 Å². The van der Waals surface area contributed by atoms with Crippen LogP contribution in [0.15, 0.2) is 41.7 Å². The predicted molar refractivity (Wildman–Crippen MR) is 75.5 cm³/mol. The minimum atomic E-state index is -0.550. The van der Waals surface area contributed by atoms with Gasteiger partial charge in [-0.15, -0.1) is 0 Å². The monoisotopic (exact) mass is 303 g/mol. The highest BCUT2D eigenvalue weighted by atomic mass is 19.1. The maximum Gasteiger partial charge on any atom is 0.191 e. The van der Waals surface area contributed by atoms with Crippen molar-refractivity contribution in [2.24, 2.45) is 10.9 Å². The van der Waals surface area contributed by atoms with E-state index in [1.807, 2.05) is 0 Å². The molecule has 0 bridgehead atoms. The van der Waals surface area contributed by atoms with Gasteiger partial charge in [0.15, 0.2) is 11.5 Å². The van der Waals surface area contributed by atoms with Gasteiger partial charge in [0, 0.05) is 11.8 Å². The number of hydrogen-bond donors (Lipinski definition) is 2. The van der Waals surface area contributed by atoms with E-state index in [2.05, 4.69) is 15.2 Å². The third-order valence-electron chi connectivity index (χ3n) is 3.19. The molecular formula is C14H11F2N5O. The smallest absolute Gasteiger partial charge is 0.191 e. The largest absolute Gasteiger partial charge is 0.409 e. The number of amidine groups is 1. The van der Waals surface area contributed by atoms with Crippen LogP contribution in [0.1, 0.15) is 11.3 Å². The normalized spacial score (nSPS) is 12.0. The number of rotatable bonds is 3. The van der Waals surface area contributed by atoms with E-state index in [9.17, 15) is 8.78 Å². The zero-order valence-electron chi connectivity index (χ0n) is 11.2. The molecule has 6 nitrogen and oxygen atoms in total. The highest BCUT2D eigenvalue weighted by molar-refractivity contribution is 6.05. The van der Waals surface area contributed by atoms with Gasteiger partial charge >= 0.3 is 0 Å². The molecule has 0 spiro atoms. The van der Waals surface area contributed by atoms with Crippen LogP contribution in [0.2, 0.25) is 0 Å². The Bertz CT molecular complexity index is 875. The number of oxime groups is 1. The number of benzene rings is 1. The number of hydrogen-bond acceptors (Lipinski definition) is 4. The summed E-state index contributed by atoms with van der Waals surface area (Å²) in [6.45, 7) is -0.0319. The minimum absolute atomic E-state index is 0.0319. The van der Waals surface area contributed by atoms with Gasteiger partial charge < -0.3 is 10.9 Å². The Morgan fingerprint density at radius 2 is 2.14 bits per heavy atom. The maximum absolute atomic E-state index is 13.8. The number of fused-ring (bicyclic) bond motifs is 1. The number of aromatic nitrogens is 3. The molecular weight excluding hydrogens is 292 g/mol. The van der Waals surface area contributed by atoms with Gasteiger partial charge in [-0.3, -0.25) is 0 Å². The zero-order valence-corrected chi connectivity index (χ0v) is 11.2. The number of nitrogens with zero attached hydrogens (tertiary/aromatic N) is 4. The molecule has 0 aliphatic heterocycles. The van der Waals surface area contributed by atoms with E-state index < -0.39 is 11.6 Å². The zero-order chi connectivity index (χ0) is 15.7. The topological polar surface area (TPSA) is 89.3 Å². The van der Waals surface area contributed by atoms with Crippen molar-refractivity contribution in [3.8, 4) is 0 Å². The minimum Gasteiger partial charge on any atom is -0.409 e. The molecule has 0 atom stereocenters. The standard InChI is InChI=1S/C14H11F2N5O/c15-9-3-4-11(16)8(6-9)7-21-14-10(2-1-5-18-14)12(19-21)13(17)20-22/h1-6,22H,7H2,(H2,17,20). The number of pyridine rings is 1. The van der Waals surface area contributed by atoms with Crippen LogP contribution in [0, 0.1) is 11.6 Å². The molecule has 112 valence electrons. The molecule has 3 aromatic rings. The summed E-state index contributed by atoms with van der Waals surface area (Å²) in [6.07, 6.45) is 1.54. The fraction of sp³-hybridized carbons (Fsp3) is 0.0714. The van der Waals surface area contributed by atoms with Crippen molar-refractivity contribution >= 4 is 16.9 Å². The molecule has 0 aliphatic carbocycles. The van der Waals surface area contributed by atoms with Crippen molar-refractivity contribution in [2.45, 2.75) is 6.54 Å². The van der Waals surface area contributed by atoms with Gasteiger partial charge in [-0.05, 0) is 30.3 Å². The van der Waals surface area contributed by atoms with Gasteiger partial charge in [-0.1, -0.05) is 5.16 Å².